The monoisotopic (exact) mass is 262 g/mol. The fraction of sp³-hybridized carbons (Fsp3) is 0.429. The summed E-state index contributed by atoms with van der Waals surface area (Å²) >= 11 is 0. The number of methoxy groups -OCH3 is 1. The predicted molar refractivity (Wildman–Crippen MR) is 71.2 cm³/mol. The lowest BCUT2D eigenvalue weighted by Gasteiger charge is -2.15. The Morgan fingerprint density at radius 3 is 2.79 bits per heavy atom. The van der Waals surface area contributed by atoms with E-state index >= 15 is 0 Å². The Kier molecular flexibility index (Phi) is 3.74. The summed E-state index contributed by atoms with van der Waals surface area (Å²) in [7, 11) is 3.27. The highest BCUT2D eigenvalue weighted by Gasteiger charge is 2.31. The van der Waals surface area contributed by atoms with Gasteiger partial charge in [-0.3, -0.25) is 9.59 Å². The molecule has 1 saturated heterocycles. The molecule has 1 aromatic rings. The molecule has 0 spiro atoms. The van der Waals surface area contributed by atoms with Gasteiger partial charge in [-0.15, -0.1) is 0 Å². The maximum absolute atomic E-state index is 12.3. The Morgan fingerprint density at radius 2 is 2.21 bits per heavy atom. The molecule has 2 amide bonds. The minimum absolute atomic E-state index is 0.0408. The molecule has 1 unspecified atom stereocenters. The van der Waals surface area contributed by atoms with E-state index in [9.17, 15) is 9.59 Å². The third-order valence-corrected chi connectivity index (χ3v) is 3.41. The Bertz CT molecular complexity index is 513. The van der Waals surface area contributed by atoms with Crippen LogP contribution in [0.3, 0.4) is 0 Å². The van der Waals surface area contributed by atoms with Crippen molar-refractivity contribution in [2.24, 2.45) is 0 Å². The molecule has 0 radical (unpaired) electrons. The van der Waals surface area contributed by atoms with Gasteiger partial charge >= 0.3 is 0 Å². The van der Waals surface area contributed by atoms with Crippen LogP contribution in [0.5, 0.6) is 5.75 Å². The summed E-state index contributed by atoms with van der Waals surface area (Å²) in [6.07, 6.45) is 0.648. The number of hydrogen-bond donors (Lipinski definition) is 1. The minimum Gasteiger partial charge on any atom is -0.496 e. The lowest BCUT2D eigenvalue weighted by atomic mass is 10.1. The third-order valence-electron chi connectivity index (χ3n) is 3.41. The number of ether oxygens (including phenoxy) is 1. The van der Waals surface area contributed by atoms with Crippen molar-refractivity contribution in [3.63, 3.8) is 0 Å². The first-order valence-corrected chi connectivity index (χ1v) is 6.24. The van der Waals surface area contributed by atoms with Gasteiger partial charge in [0.2, 0.25) is 5.91 Å². The number of nitrogens with zero attached hydrogens (tertiary/aromatic N) is 1. The first-order chi connectivity index (χ1) is 9.04. The molecule has 1 aromatic carbocycles. The summed E-state index contributed by atoms with van der Waals surface area (Å²) in [5, 5.41) is 2.78. The van der Waals surface area contributed by atoms with Crippen LogP contribution in [-0.4, -0.2) is 43.5 Å². The van der Waals surface area contributed by atoms with Gasteiger partial charge in [0.1, 0.15) is 11.8 Å². The fourth-order valence-corrected chi connectivity index (χ4v) is 2.29. The standard InChI is InChI=1S/C14H18N2O3/c1-9-5-4-6-11(19-3)12(9)13(17)15-10-7-8-16(2)14(10)18/h4-6,10H,7-8H2,1-3H3,(H,15,17). The molecule has 5 heteroatoms. The highest BCUT2D eigenvalue weighted by Crippen LogP contribution is 2.22. The molecule has 1 fully saturated rings. The van der Waals surface area contributed by atoms with Crippen LogP contribution in [0.4, 0.5) is 0 Å². The summed E-state index contributed by atoms with van der Waals surface area (Å²) in [6.45, 7) is 2.52. The summed E-state index contributed by atoms with van der Waals surface area (Å²) in [4.78, 5) is 25.7. The van der Waals surface area contributed by atoms with Crippen molar-refractivity contribution < 1.29 is 14.3 Å². The second-order valence-corrected chi connectivity index (χ2v) is 4.73. The van der Waals surface area contributed by atoms with Crippen molar-refractivity contribution in [3.05, 3.63) is 29.3 Å². The Balaban J connectivity index is 2.19. The number of rotatable bonds is 3. The van der Waals surface area contributed by atoms with Crippen molar-refractivity contribution in [3.8, 4) is 5.75 Å². The lowest BCUT2D eigenvalue weighted by Crippen LogP contribution is -2.40. The van der Waals surface area contributed by atoms with Crippen LogP contribution in [0.25, 0.3) is 0 Å². The molecule has 1 aliphatic rings. The maximum Gasteiger partial charge on any atom is 0.255 e. The first kappa shape index (κ1) is 13.4. The molecule has 1 N–H and O–H groups in total. The number of likely N-dealkylation sites (tertiary alicyclic amines) is 1. The lowest BCUT2D eigenvalue weighted by molar-refractivity contribution is -0.128. The van der Waals surface area contributed by atoms with Crippen molar-refractivity contribution in [2.45, 2.75) is 19.4 Å². The average molecular weight is 262 g/mol. The van der Waals surface area contributed by atoms with Gasteiger partial charge < -0.3 is 15.0 Å². The van der Waals surface area contributed by atoms with Crippen LogP contribution >= 0.6 is 0 Å². The molecule has 0 bridgehead atoms. The number of amides is 2. The predicted octanol–water partition coefficient (Wildman–Crippen LogP) is 0.964. The number of aryl methyl sites for hydroxylation is 1. The maximum atomic E-state index is 12.3. The van der Waals surface area contributed by atoms with E-state index in [2.05, 4.69) is 5.32 Å². The number of likely N-dealkylation sites (N-methyl/N-ethyl adjacent to an activating group) is 1. The van der Waals surface area contributed by atoms with Gasteiger partial charge in [-0.05, 0) is 25.0 Å². The van der Waals surface area contributed by atoms with Gasteiger partial charge in [0.25, 0.3) is 5.91 Å². The summed E-state index contributed by atoms with van der Waals surface area (Å²) in [5.41, 5.74) is 1.32. The molecule has 0 aromatic heterocycles. The van der Waals surface area contributed by atoms with Gasteiger partial charge in [-0.2, -0.15) is 0 Å². The topological polar surface area (TPSA) is 58.6 Å². The van der Waals surface area contributed by atoms with Crippen molar-refractivity contribution in [2.75, 3.05) is 20.7 Å². The van der Waals surface area contributed by atoms with Gasteiger partial charge in [0, 0.05) is 13.6 Å². The Morgan fingerprint density at radius 1 is 1.47 bits per heavy atom. The van der Waals surface area contributed by atoms with Crippen molar-refractivity contribution in [1.82, 2.24) is 10.2 Å². The molecule has 0 saturated carbocycles. The van der Waals surface area contributed by atoms with E-state index in [1.165, 1.54) is 7.11 Å². The normalized spacial score (nSPS) is 18.6. The van der Waals surface area contributed by atoms with Crippen molar-refractivity contribution in [1.29, 1.82) is 0 Å². The van der Waals surface area contributed by atoms with Crippen LogP contribution in [0.2, 0.25) is 0 Å². The van der Waals surface area contributed by atoms with E-state index in [0.717, 1.165) is 5.56 Å². The second kappa shape index (κ2) is 5.30. The van der Waals surface area contributed by atoms with E-state index in [0.29, 0.717) is 24.3 Å². The van der Waals surface area contributed by atoms with Crippen LogP contribution in [0.1, 0.15) is 22.3 Å². The quantitative estimate of drug-likeness (QED) is 0.883. The Hall–Kier alpha value is -2.04. The van der Waals surface area contributed by atoms with Crippen LogP contribution in [0, 0.1) is 6.92 Å². The van der Waals surface area contributed by atoms with E-state index in [1.54, 1.807) is 18.0 Å². The number of nitrogens with one attached hydrogen (secondary N) is 1. The SMILES string of the molecule is COc1cccc(C)c1C(=O)NC1CCN(C)C1=O. The molecule has 5 nitrogen and oxygen atoms in total. The molecular formula is C14H18N2O3. The fourth-order valence-electron chi connectivity index (χ4n) is 2.29. The largest absolute Gasteiger partial charge is 0.496 e. The third kappa shape index (κ3) is 2.54. The van der Waals surface area contributed by atoms with Gasteiger partial charge in [-0.25, -0.2) is 0 Å². The molecule has 1 heterocycles. The molecule has 1 atom stereocenters. The molecular weight excluding hydrogens is 244 g/mol. The molecule has 2 rings (SSSR count). The van der Waals surface area contributed by atoms with Crippen molar-refractivity contribution >= 4 is 11.8 Å². The first-order valence-electron chi connectivity index (χ1n) is 6.24. The van der Waals surface area contributed by atoms with Crippen LogP contribution < -0.4 is 10.1 Å². The number of hydrogen-bond acceptors (Lipinski definition) is 3. The highest BCUT2D eigenvalue weighted by molar-refractivity contribution is 6.01. The van der Waals surface area contributed by atoms with Crippen LogP contribution in [-0.2, 0) is 4.79 Å². The van der Waals surface area contributed by atoms with Gasteiger partial charge in [0.05, 0.1) is 12.7 Å². The van der Waals surface area contributed by atoms with E-state index in [-0.39, 0.29) is 11.8 Å². The molecule has 1 aliphatic heterocycles. The number of carbonyl (C=O) groups excluding carboxylic acids is 2. The zero-order valence-corrected chi connectivity index (χ0v) is 11.4. The summed E-state index contributed by atoms with van der Waals surface area (Å²) < 4.78 is 5.20. The highest BCUT2D eigenvalue weighted by atomic mass is 16.5. The van der Waals surface area contributed by atoms with Gasteiger partial charge in [-0.1, -0.05) is 12.1 Å². The Labute approximate surface area is 112 Å². The average Bonchev–Trinajstić information content (AvgIpc) is 2.70. The number of benzene rings is 1. The van der Waals surface area contributed by atoms with Gasteiger partial charge in [0.15, 0.2) is 0 Å². The van der Waals surface area contributed by atoms with E-state index < -0.39 is 6.04 Å². The zero-order chi connectivity index (χ0) is 14.0. The molecule has 19 heavy (non-hydrogen) atoms. The smallest absolute Gasteiger partial charge is 0.255 e. The molecule has 102 valence electrons. The molecule has 0 aliphatic carbocycles. The van der Waals surface area contributed by atoms with Crippen LogP contribution in [0.15, 0.2) is 18.2 Å². The summed E-state index contributed by atoms with van der Waals surface area (Å²) in [6, 6.07) is 4.99. The minimum atomic E-state index is -0.429. The van der Waals surface area contributed by atoms with E-state index in [1.807, 2.05) is 19.1 Å². The van der Waals surface area contributed by atoms with E-state index in [4.69, 9.17) is 4.74 Å². The number of carbonyl (C=O) groups is 2. The summed E-state index contributed by atoms with van der Waals surface area (Å²) in [5.74, 6) is 0.223. The second-order valence-electron chi connectivity index (χ2n) is 4.73. The zero-order valence-electron chi connectivity index (χ0n) is 11.4.